The van der Waals surface area contributed by atoms with E-state index in [1.165, 1.54) is 6.33 Å². The fourth-order valence-electron chi connectivity index (χ4n) is 2.84. The molecule has 2 aromatic heterocycles. The van der Waals surface area contributed by atoms with E-state index in [1.54, 1.807) is 6.20 Å². The summed E-state index contributed by atoms with van der Waals surface area (Å²) in [4.78, 5) is 7.94. The average molecular weight is 305 g/mol. The Kier molecular flexibility index (Phi) is 4.33. The van der Waals surface area contributed by atoms with E-state index in [0.29, 0.717) is 25.3 Å². The zero-order valence-corrected chi connectivity index (χ0v) is 12.8. The van der Waals surface area contributed by atoms with E-state index in [-0.39, 0.29) is 23.7 Å². The van der Waals surface area contributed by atoms with Crippen molar-refractivity contribution in [1.82, 2.24) is 19.7 Å². The van der Waals surface area contributed by atoms with E-state index >= 15 is 0 Å². The molecule has 0 aromatic carbocycles. The van der Waals surface area contributed by atoms with E-state index in [0.717, 1.165) is 12.1 Å². The van der Waals surface area contributed by atoms with Crippen LogP contribution in [0.1, 0.15) is 30.8 Å². The highest BCUT2D eigenvalue weighted by molar-refractivity contribution is 5.37. The maximum absolute atomic E-state index is 14.1. The maximum Gasteiger partial charge on any atom is 0.186 e. The van der Waals surface area contributed by atoms with Gasteiger partial charge in [0.25, 0.3) is 0 Å². The van der Waals surface area contributed by atoms with Gasteiger partial charge in [-0.25, -0.2) is 14.4 Å². The number of aromatic nitrogens is 4. The zero-order chi connectivity index (χ0) is 15.5. The van der Waals surface area contributed by atoms with E-state index < -0.39 is 0 Å². The van der Waals surface area contributed by atoms with Crippen LogP contribution in [-0.4, -0.2) is 32.9 Å². The third-order valence-corrected chi connectivity index (χ3v) is 4.09. The zero-order valence-electron chi connectivity index (χ0n) is 12.8. The van der Waals surface area contributed by atoms with Crippen LogP contribution in [0.4, 0.5) is 10.2 Å². The molecule has 3 rings (SSSR count). The Morgan fingerprint density at radius 1 is 1.45 bits per heavy atom. The minimum Gasteiger partial charge on any atom is -0.372 e. The van der Waals surface area contributed by atoms with E-state index in [1.807, 2.05) is 24.7 Å². The highest BCUT2D eigenvalue weighted by Crippen LogP contribution is 2.34. The smallest absolute Gasteiger partial charge is 0.186 e. The summed E-state index contributed by atoms with van der Waals surface area (Å²) < 4.78 is 21.8. The molecule has 1 saturated heterocycles. The average Bonchev–Trinajstić information content (AvgIpc) is 3.14. The first-order chi connectivity index (χ1) is 10.7. The van der Waals surface area contributed by atoms with Gasteiger partial charge in [-0.15, -0.1) is 0 Å². The second-order valence-corrected chi connectivity index (χ2v) is 5.44. The molecule has 118 valence electrons. The molecule has 6 nitrogen and oxygen atoms in total. The Balaban J connectivity index is 1.70. The molecule has 0 unspecified atom stereocenters. The standard InChI is InChI=1S/C15H20FN5O/c1-3-11-13(16)15(19-9-18-11)17-8-10-5-7-22-14(10)12-4-6-20-21(12)2/h4,6,9-10,14H,3,5,7-8H2,1-2H3,(H,17,18,19)/t10-,14+/m0/s1. The van der Waals surface area contributed by atoms with Crippen LogP contribution < -0.4 is 5.32 Å². The van der Waals surface area contributed by atoms with Crippen LogP contribution in [0.2, 0.25) is 0 Å². The Bertz CT molecular complexity index is 645. The number of ether oxygens (including phenoxy) is 1. The first-order valence-electron chi connectivity index (χ1n) is 7.53. The fourth-order valence-corrected chi connectivity index (χ4v) is 2.84. The Morgan fingerprint density at radius 2 is 2.32 bits per heavy atom. The van der Waals surface area contributed by atoms with Crippen LogP contribution >= 0.6 is 0 Å². The second kappa shape index (κ2) is 6.39. The van der Waals surface area contributed by atoms with Gasteiger partial charge < -0.3 is 10.1 Å². The number of hydrogen-bond donors (Lipinski definition) is 1. The predicted molar refractivity (Wildman–Crippen MR) is 79.9 cm³/mol. The van der Waals surface area contributed by atoms with Crippen molar-refractivity contribution in [2.24, 2.45) is 13.0 Å². The van der Waals surface area contributed by atoms with Crippen molar-refractivity contribution < 1.29 is 9.13 Å². The summed E-state index contributed by atoms with van der Waals surface area (Å²) in [7, 11) is 1.90. The molecule has 0 amide bonds. The summed E-state index contributed by atoms with van der Waals surface area (Å²) in [5.41, 5.74) is 1.48. The van der Waals surface area contributed by atoms with Gasteiger partial charge in [0, 0.05) is 32.3 Å². The van der Waals surface area contributed by atoms with Crippen molar-refractivity contribution in [3.05, 3.63) is 35.8 Å². The minimum atomic E-state index is -0.360. The normalized spacial score (nSPS) is 21.2. The molecular weight excluding hydrogens is 285 g/mol. The highest BCUT2D eigenvalue weighted by atomic mass is 19.1. The lowest BCUT2D eigenvalue weighted by atomic mass is 9.99. The molecule has 0 saturated carbocycles. The van der Waals surface area contributed by atoms with E-state index in [4.69, 9.17) is 4.74 Å². The summed E-state index contributed by atoms with van der Waals surface area (Å²) in [5, 5.41) is 7.29. The molecule has 2 aromatic rings. The van der Waals surface area contributed by atoms with Gasteiger partial charge in [0.1, 0.15) is 12.4 Å². The summed E-state index contributed by atoms with van der Waals surface area (Å²) in [5.74, 6) is 0.165. The van der Waals surface area contributed by atoms with Gasteiger partial charge in [-0.1, -0.05) is 6.92 Å². The third kappa shape index (κ3) is 2.81. The number of hydrogen-bond acceptors (Lipinski definition) is 5. The molecule has 0 spiro atoms. The quantitative estimate of drug-likeness (QED) is 0.916. The molecule has 1 aliphatic rings. The van der Waals surface area contributed by atoms with Crippen molar-refractivity contribution in [3.63, 3.8) is 0 Å². The third-order valence-electron chi connectivity index (χ3n) is 4.09. The van der Waals surface area contributed by atoms with Crippen molar-refractivity contribution in [1.29, 1.82) is 0 Å². The largest absolute Gasteiger partial charge is 0.372 e. The van der Waals surface area contributed by atoms with Crippen LogP contribution in [0.15, 0.2) is 18.6 Å². The first kappa shape index (κ1) is 14.9. The van der Waals surface area contributed by atoms with Crippen LogP contribution in [0.25, 0.3) is 0 Å². The molecule has 0 radical (unpaired) electrons. The second-order valence-electron chi connectivity index (χ2n) is 5.44. The Hall–Kier alpha value is -2.02. The van der Waals surface area contributed by atoms with Gasteiger partial charge in [0.05, 0.1) is 11.4 Å². The van der Waals surface area contributed by atoms with Gasteiger partial charge in [-0.2, -0.15) is 5.10 Å². The van der Waals surface area contributed by atoms with Gasteiger partial charge in [-0.3, -0.25) is 4.68 Å². The molecule has 2 atom stereocenters. The van der Waals surface area contributed by atoms with Crippen molar-refractivity contribution in [3.8, 4) is 0 Å². The summed E-state index contributed by atoms with van der Waals surface area (Å²) in [6.45, 7) is 3.18. The number of nitrogens with zero attached hydrogens (tertiary/aromatic N) is 4. The Morgan fingerprint density at radius 3 is 3.05 bits per heavy atom. The lowest BCUT2D eigenvalue weighted by Crippen LogP contribution is -2.21. The molecule has 0 aliphatic carbocycles. The number of anilines is 1. The summed E-state index contributed by atoms with van der Waals surface area (Å²) >= 11 is 0. The van der Waals surface area contributed by atoms with Crippen LogP contribution in [0.5, 0.6) is 0 Å². The van der Waals surface area contributed by atoms with Crippen molar-refractivity contribution in [2.75, 3.05) is 18.5 Å². The van der Waals surface area contributed by atoms with Crippen molar-refractivity contribution in [2.45, 2.75) is 25.9 Å². The first-order valence-corrected chi connectivity index (χ1v) is 7.53. The van der Waals surface area contributed by atoms with Crippen LogP contribution in [0.3, 0.4) is 0 Å². The predicted octanol–water partition coefficient (Wildman–Crippen LogP) is 2.10. The molecular formula is C15H20FN5O. The molecule has 0 bridgehead atoms. The lowest BCUT2D eigenvalue weighted by molar-refractivity contribution is 0.0866. The number of aryl methyl sites for hydroxylation is 2. The highest BCUT2D eigenvalue weighted by Gasteiger charge is 2.31. The summed E-state index contributed by atoms with van der Waals surface area (Å²) in [6.07, 6.45) is 4.62. The number of halogens is 1. The van der Waals surface area contributed by atoms with E-state index in [9.17, 15) is 4.39 Å². The van der Waals surface area contributed by atoms with Gasteiger partial charge >= 0.3 is 0 Å². The lowest BCUT2D eigenvalue weighted by Gasteiger charge is -2.19. The van der Waals surface area contributed by atoms with Gasteiger partial charge in [-0.05, 0) is 18.9 Å². The van der Waals surface area contributed by atoms with Crippen molar-refractivity contribution >= 4 is 5.82 Å². The fraction of sp³-hybridized carbons (Fsp3) is 0.533. The minimum absolute atomic E-state index is 0.0180. The number of nitrogens with one attached hydrogen (secondary N) is 1. The van der Waals surface area contributed by atoms with E-state index in [2.05, 4.69) is 20.4 Å². The van der Waals surface area contributed by atoms with Crippen LogP contribution in [0, 0.1) is 11.7 Å². The summed E-state index contributed by atoms with van der Waals surface area (Å²) in [6, 6.07) is 1.96. The molecule has 7 heteroatoms. The van der Waals surface area contributed by atoms with Crippen LogP contribution in [-0.2, 0) is 18.2 Å². The molecule has 1 aliphatic heterocycles. The molecule has 3 heterocycles. The molecule has 1 fully saturated rings. The maximum atomic E-state index is 14.1. The topological polar surface area (TPSA) is 64.9 Å². The van der Waals surface area contributed by atoms with Gasteiger partial charge in [0.2, 0.25) is 0 Å². The molecule has 1 N–H and O–H groups in total. The van der Waals surface area contributed by atoms with Gasteiger partial charge in [0.15, 0.2) is 11.6 Å². The SMILES string of the molecule is CCc1ncnc(NC[C@@H]2CCO[C@H]2c2ccnn2C)c1F. The Labute approximate surface area is 128 Å². The molecule has 22 heavy (non-hydrogen) atoms. The monoisotopic (exact) mass is 305 g/mol. The number of rotatable bonds is 5.